The molecule has 2 N–H and O–H groups in total. The molecule has 1 unspecified atom stereocenters. The highest BCUT2D eigenvalue weighted by Gasteiger charge is 2.16. The zero-order valence-electron chi connectivity index (χ0n) is 13.7. The summed E-state index contributed by atoms with van der Waals surface area (Å²) < 4.78 is 10.4. The van der Waals surface area contributed by atoms with Crippen molar-refractivity contribution in [2.75, 3.05) is 20.2 Å². The van der Waals surface area contributed by atoms with Gasteiger partial charge in [0.1, 0.15) is 5.75 Å². The number of nitrogens with zero attached hydrogens (tertiary/aromatic N) is 2. The zero-order chi connectivity index (χ0) is 16.8. The maximum Gasteiger partial charge on any atom is 0.226 e. The van der Waals surface area contributed by atoms with Gasteiger partial charge in [-0.15, -0.1) is 0 Å². The fraction of sp³-hybridized carbons (Fsp3) is 0.471. The smallest absolute Gasteiger partial charge is 0.226 e. The van der Waals surface area contributed by atoms with Crippen molar-refractivity contribution in [1.82, 2.24) is 20.8 Å². The van der Waals surface area contributed by atoms with Gasteiger partial charge in [0.15, 0.2) is 0 Å². The van der Waals surface area contributed by atoms with Crippen LogP contribution in [0.4, 0.5) is 0 Å². The van der Waals surface area contributed by atoms with Crippen LogP contribution < -0.4 is 15.4 Å². The highest BCUT2D eigenvalue weighted by atomic mass is 16.5. The molecule has 24 heavy (non-hydrogen) atoms. The summed E-state index contributed by atoms with van der Waals surface area (Å²) in [5, 5.41) is 10.2. The van der Waals surface area contributed by atoms with Crippen LogP contribution >= 0.6 is 0 Å². The van der Waals surface area contributed by atoms with Crippen LogP contribution in [-0.2, 0) is 11.2 Å². The predicted molar refractivity (Wildman–Crippen MR) is 88.6 cm³/mol. The van der Waals surface area contributed by atoms with E-state index in [1.165, 1.54) is 0 Å². The standard InChI is InChI=1S/C17H22N4O3/c1-23-14-7-5-12(6-8-14)17-20-16(24-21-17)4-2-3-15(22)19-13-9-10-18-11-13/h5-8,13,18H,2-4,9-11H2,1H3,(H,19,22). The molecule has 0 bridgehead atoms. The minimum atomic E-state index is 0.0820. The third kappa shape index (κ3) is 4.32. The van der Waals surface area contributed by atoms with Gasteiger partial charge < -0.3 is 19.9 Å². The second-order valence-corrected chi connectivity index (χ2v) is 5.85. The Morgan fingerprint density at radius 1 is 1.42 bits per heavy atom. The second kappa shape index (κ2) is 7.92. The molecule has 0 saturated carbocycles. The molecule has 0 spiro atoms. The molecule has 1 aliphatic rings. The van der Waals surface area contributed by atoms with Crippen LogP contribution in [0.15, 0.2) is 28.8 Å². The molecule has 7 heteroatoms. The van der Waals surface area contributed by atoms with Crippen molar-refractivity contribution in [3.8, 4) is 17.1 Å². The van der Waals surface area contributed by atoms with Gasteiger partial charge in [-0.05, 0) is 43.7 Å². The van der Waals surface area contributed by atoms with Crippen LogP contribution in [0.25, 0.3) is 11.4 Å². The van der Waals surface area contributed by atoms with E-state index in [4.69, 9.17) is 9.26 Å². The lowest BCUT2D eigenvalue weighted by atomic mass is 10.2. The van der Waals surface area contributed by atoms with Crippen LogP contribution in [0.1, 0.15) is 25.2 Å². The van der Waals surface area contributed by atoms with E-state index in [1.807, 2.05) is 24.3 Å². The van der Waals surface area contributed by atoms with E-state index in [0.717, 1.165) is 30.8 Å². The van der Waals surface area contributed by atoms with E-state index >= 15 is 0 Å². The summed E-state index contributed by atoms with van der Waals surface area (Å²) in [7, 11) is 1.63. The largest absolute Gasteiger partial charge is 0.497 e. The first-order valence-electron chi connectivity index (χ1n) is 8.21. The van der Waals surface area contributed by atoms with Crippen molar-refractivity contribution in [2.24, 2.45) is 0 Å². The Bertz CT molecular complexity index is 663. The van der Waals surface area contributed by atoms with Crippen LogP contribution in [-0.4, -0.2) is 42.3 Å². The normalized spacial score (nSPS) is 17.0. The molecule has 1 amide bonds. The predicted octanol–water partition coefficient (Wildman–Crippen LogP) is 1.55. The molecule has 3 rings (SSSR count). The van der Waals surface area contributed by atoms with Gasteiger partial charge in [-0.1, -0.05) is 5.16 Å². The van der Waals surface area contributed by atoms with Crippen molar-refractivity contribution in [3.05, 3.63) is 30.2 Å². The van der Waals surface area contributed by atoms with Crippen LogP contribution in [0.5, 0.6) is 5.75 Å². The Morgan fingerprint density at radius 3 is 2.96 bits per heavy atom. The number of ether oxygens (including phenoxy) is 1. The Balaban J connectivity index is 1.46. The first-order valence-corrected chi connectivity index (χ1v) is 8.21. The Morgan fingerprint density at radius 2 is 2.25 bits per heavy atom. The van der Waals surface area contributed by atoms with Gasteiger partial charge >= 0.3 is 0 Å². The Labute approximate surface area is 140 Å². The number of carbonyl (C=O) groups excluding carboxylic acids is 1. The molecule has 1 aromatic heterocycles. The number of hydrogen-bond acceptors (Lipinski definition) is 6. The van der Waals surface area contributed by atoms with Crippen molar-refractivity contribution in [3.63, 3.8) is 0 Å². The first-order chi connectivity index (χ1) is 11.7. The van der Waals surface area contributed by atoms with Crippen molar-refractivity contribution in [1.29, 1.82) is 0 Å². The number of carbonyl (C=O) groups is 1. The van der Waals surface area contributed by atoms with E-state index in [1.54, 1.807) is 7.11 Å². The topological polar surface area (TPSA) is 89.3 Å². The fourth-order valence-corrected chi connectivity index (χ4v) is 2.69. The Kier molecular flexibility index (Phi) is 5.43. The number of benzene rings is 1. The molecular formula is C17H22N4O3. The number of methoxy groups -OCH3 is 1. The molecule has 1 fully saturated rings. The molecule has 1 atom stereocenters. The molecule has 128 valence electrons. The lowest BCUT2D eigenvalue weighted by molar-refractivity contribution is -0.121. The average molecular weight is 330 g/mol. The number of amides is 1. The maximum absolute atomic E-state index is 11.9. The third-order valence-electron chi connectivity index (χ3n) is 4.04. The third-order valence-corrected chi connectivity index (χ3v) is 4.04. The van der Waals surface area contributed by atoms with Gasteiger partial charge in [-0.2, -0.15) is 4.98 Å². The van der Waals surface area contributed by atoms with Gasteiger partial charge in [-0.3, -0.25) is 4.79 Å². The summed E-state index contributed by atoms with van der Waals surface area (Å²) in [6.07, 6.45) is 2.76. The zero-order valence-corrected chi connectivity index (χ0v) is 13.7. The molecule has 0 aliphatic carbocycles. The average Bonchev–Trinajstić information content (AvgIpc) is 3.27. The summed E-state index contributed by atoms with van der Waals surface area (Å²) >= 11 is 0. The number of aryl methyl sites for hydroxylation is 1. The highest BCUT2D eigenvalue weighted by Crippen LogP contribution is 2.20. The van der Waals surface area contributed by atoms with Crippen LogP contribution in [0, 0.1) is 0 Å². The SMILES string of the molecule is COc1ccc(-c2noc(CCCC(=O)NC3CCNC3)n2)cc1. The summed E-state index contributed by atoms with van der Waals surface area (Å²) in [6.45, 7) is 1.84. The molecule has 0 radical (unpaired) electrons. The summed E-state index contributed by atoms with van der Waals surface area (Å²) in [5.74, 6) is 1.97. The van der Waals surface area contributed by atoms with Crippen molar-refractivity contribution in [2.45, 2.75) is 31.7 Å². The molecule has 7 nitrogen and oxygen atoms in total. The molecule has 1 aliphatic heterocycles. The summed E-state index contributed by atoms with van der Waals surface area (Å²) in [5.41, 5.74) is 0.872. The first kappa shape index (κ1) is 16.4. The number of nitrogens with one attached hydrogen (secondary N) is 2. The maximum atomic E-state index is 11.9. The van der Waals surface area contributed by atoms with E-state index in [0.29, 0.717) is 31.0 Å². The minimum absolute atomic E-state index is 0.0820. The van der Waals surface area contributed by atoms with Gasteiger partial charge in [0.2, 0.25) is 17.6 Å². The number of aromatic nitrogens is 2. The number of rotatable bonds is 7. The molecule has 2 aromatic rings. The van der Waals surface area contributed by atoms with E-state index in [2.05, 4.69) is 20.8 Å². The monoisotopic (exact) mass is 330 g/mol. The molecule has 1 saturated heterocycles. The van der Waals surface area contributed by atoms with E-state index in [-0.39, 0.29) is 11.9 Å². The second-order valence-electron chi connectivity index (χ2n) is 5.85. The quantitative estimate of drug-likeness (QED) is 0.800. The molecular weight excluding hydrogens is 308 g/mol. The van der Waals surface area contributed by atoms with Gasteiger partial charge in [-0.25, -0.2) is 0 Å². The van der Waals surface area contributed by atoms with Crippen molar-refractivity contribution < 1.29 is 14.1 Å². The van der Waals surface area contributed by atoms with Gasteiger partial charge in [0, 0.05) is 31.0 Å². The van der Waals surface area contributed by atoms with Gasteiger partial charge in [0.05, 0.1) is 7.11 Å². The van der Waals surface area contributed by atoms with E-state index < -0.39 is 0 Å². The lowest BCUT2D eigenvalue weighted by Gasteiger charge is -2.10. The van der Waals surface area contributed by atoms with Crippen LogP contribution in [0.2, 0.25) is 0 Å². The van der Waals surface area contributed by atoms with Gasteiger partial charge in [0.25, 0.3) is 0 Å². The fourth-order valence-electron chi connectivity index (χ4n) is 2.69. The van der Waals surface area contributed by atoms with Crippen molar-refractivity contribution >= 4 is 5.91 Å². The molecule has 1 aromatic carbocycles. The summed E-state index contributed by atoms with van der Waals surface area (Å²) in [6, 6.07) is 7.75. The van der Waals surface area contributed by atoms with Crippen LogP contribution in [0.3, 0.4) is 0 Å². The van der Waals surface area contributed by atoms with E-state index in [9.17, 15) is 4.79 Å². The lowest BCUT2D eigenvalue weighted by Crippen LogP contribution is -2.36. The minimum Gasteiger partial charge on any atom is -0.497 e. The summed E-state index contributed by atoms with van der Waals surface area (Å²) in [4.78, 5) is 16.2. The molecule has 2 heterocycles. The highest BCUT2D eigenvalue weighted by molar-refractivity contribution is 5.76. The number of hydrogen-bond donors (Lipinski definition) is 2. The Hall–Kier alpha value is -2.41.